The molecule has 8 nitrogen and oxygen atoms in total. The van der Waals surface area contributed by atoms with Crippen LogP contribution in [-0.2, 0) is 24.4 Å². The van der Waals surface area contributed by atoms with Gasteiger partial charge in [0, 0.05) is 38.4 Å². The van der Waals surface area contributed by atoms with Gasteiger partial charge in [-0.05, 0) is 48.9 Å². The monoisotopic (exact) mass is 465 g/mol. The van der Waals surface area contributed by atoms with E-state index in [2.05, 4.69) is 50.5 Å². The largest absolute Gasteiger partial charge is 0.370 e. The van der Waals surface area contributed by atoms with Gasteiger partial charge in [-0.25, -0.2) is 0 Å². The van der Waals surface area contributed by atoms with Crippen LogP contribution in [0, 0.1) is 5.41 Å². The summed E-state index contributed by atoms with van der Waals surface area (Å²) in [6.07, 6.45) is 9.70. The van der Waals surface area contributed by atoms with Gasteiger partial charge in [0.25, 0.3) is 0 Å². The number of nitrogens with two attached hydrogens (primary N) is 1. The van der Waals surface area contributed by atoms with E-state index in [1.807, 2.05) is 18.2 Å². The van der Waals surface area contributed by atoms with Gasteiger partial charge in [0.05, 0.1) is 11.7 Å². The second-order valence-corrected chi connectivity index (χ2v) is 8.99. The zero-order chi connectivity index (χ0) is 24.0. The van der Waals surface area contributed by atoms with Gasteiger partial charge in [0.1, 0.15) is 0 Å². The van der Waals surface area contributed by atoms with Crippen LogP contribution < -0.4 is 27.0 Å². The molecule has 34 heavy (non-hydrogen) atoms. The molecule has 1 amide bonds. The number of aromatic nitrogens is 1. The van der Waals surface area contributed by atoms with E-state index in [1.54, 1.807) is 6.20 Å². The van der Waals surface area contributed by atoms with Crippen molar-refractivity contribution in [1.82, 2.24) is 26.3 Å². The van der Waals surface area contributed by atoms with Gasteiger partial charge >= 0.3 is 0 Å². The van der Waals surface area contributed by atoms with Crippen molar-refractivity contribution in [3.05, 3.63) is 65.5 Å². The minimum atomic E-state index is -0.352. The van der Waals surface area contributed by atoms with Crippen molar-refractivity contribution in [2.75, 3.05) is 6.54 Å². The summed E-state index contributed by atoms with van der Waals surface area (Å²) >= 11 is 0. The van der Waals surface area contributed by atoms with Gasteiger partial charge in [0.15, 0.2) is 5.96 Å². The van der Waals surface area contributed by atoms with Gasteiger partial charge in [0.2, 0.25) is 5.91 Å². The molecule has 0 aliphatic heterocycles. The molecule has 1 aromatic heterocycles. The molecular weight excluding hydrogens is 426 g/mol. The highest BCUT2D eigenvalue weighted by molar-refractivity contribution is 5.81. The number of benzene rings is 1. The Hall–Kier alpha value is -2.97. The van der Waals surface area contributed by atoms with Crippen molar-refractivity contribution < 1.29 is 4.79 Å². The van der Waals surface area contributed by atoms with Crippen LogP contribution in [0.4, 0.5) is 0 Å². The Morgan fingerprint density at radius 1 is 1.00 bits per heavy atom. The first-order valence-electron chi connectivity index (χ1n) is 12.4. The minimum absolute atomic E-state index is 0.0400. The van der Waals surface area contributed by atoms with Crippen LogP contribution in [0.2, 0.25) is 0 Å². The lowest BCUT2D eigenvalue weighted by Gasteiger charge is -2.23. The zero-order valence-electron chi connectivity index (χ0n) is 20.0. The second kappa shape index (κ2) is 14.3. The van der Waals surface area contributed by atoms with Crippen LogP contribution in [0.1, 0.15) is 61.8 Å². The summed E-state index contributed by atoms with van der Waals surface area (Å²) in [6.45, 7) is 2.45. The Labute approximate surface area is 203 Å². The molecule has 0 radical (unpaired) electrons. The number of hydrogen-bond donors (Lipinski definition) is 6. The summed E-state index contributed by atoms with van der Waals surface area (Å²) in [5.41, 5.74) is 8.59. The van der Waals surface area contributed by atoms with Gasteiger partial charge in [-0.2, -0.15) is 0 Å². The molecule has 1 saturated carbocycles. The SMILES string of the molecule is N=C(N)NCCC[C@H](NCc1ccccn1)C(=O)NCc1ccc(CNC2CCCCC2)cc1. The lowest BCUT2D eigenvalue weighted by Crippen LogP contribution is -2.44. The third kappa shape index (κ3) is 9.49. The Morgan fingerprint density at radius 2 is 1.74 bits per heavy atom. The quantitative estimate of drug-likeness (QED) is 0.153. The predicted octanol–water partition coefficient (Wildman–Crippen LogP) is 2.54. The van der Waals surface area contributed by atoms with Crippen molar-refractivity contribution >= 4 is 11.9 Å². The van der Waals surface area contributed by atoms with E-state index >= 15 is 0 Å². The molecule has 0 saturated heterocycles. The molecular formula is C26H39N7O. The number of nitrogens with zero attached hydrogens (tertiary/aromatic N) is 1. The van der Waals surface area contributed by atoms with Crippen LogP contribution in [0.3, 0.4) is 0 Å². The molecule has 1 aromatic carbocycles. The maximum Gasteiger partial charge on any atom is 0.237 e. The molecule has 0 spiro atoms. The Balaban J connectivity index is 1.45. The molecule has 184 valence electrons. The molecule has 1 heterocycles. The summed E-state index contributed by atoms with van der Waals surface area (Å²) in [6, 6.07) is 14.5. The van der Waals surface area contributed by atoms with E-state index in [1.165, 1.54) is 37.7 Å². The molecule has 7 N–H and O–H groups in total. The van der Waals surface area contributed by atoms with E-state index in [-0.39, 0.29) is 17.9 Å². The van der Waals surface area contributed by atoms with Crippen LogP contribution in [-0.4, -0.2) is 35.5 Å². The molecule has 2 aromatic rings. The van der Waals surface area contributed by atoms with Crippen LogP contribution in [0.15, 0.2) is 48.7 Å². The maximum atomic E-state index is 12.9. The van der Waals surface area contributed by atoms with Crippen LogP contribution in [0.5, 0.6) is 0 Å². The fraction of sp³-hybridized carbons (Fsp3) is 0.500. The second-order valence-electron chi connectivity index (χ2n) is 8.99. The Kier molecular flexibility index (Phi) is 10.8. The average molecular weight is 466 g/mol. The van der Waals surface area contributed by atoms with Crippen LogP contribution >= 0.6 is 0 Å². The molecule has 0 bridgehead atoms. The third-order valence-corrected chi connectivity index (χ3v) is 6.25. The number of hydrogen-bond acceptors (Lipinski definition) is 5. The maximum absolute atomic E-state index is 12.9. The average Bonchev–Trinajstić information content (AvgIpc) is 2.87. The van der Waals surface area contributed by atoms with E-state index in [4.69, 9.17) is 11.1 Å². The van der Waals surface area contributed by atoms with Gasteiger partial charge in [-0.3, -0.25) is 15.2 Å². The summed E-state index contributed by atoms with van der Waals surface area (Å²) in [5.74, 6) is -0.0957. The molecule has 1 aliphatic rings. The highest BCUT2D eigenvalue weighted by Crippen LogP contribution is 2.18. The first-order chi connectivity index (χ1) is 16.6. The van der Waals surface area contributed by atoms with Crippen molar-refractivity contribution in [2.24, 2.45) is 5.73 Å². The minimum Gasteiger partial charge on any atom is -0.370 e. The predicted molar refractivity (Wildman–Crippen MR) is 136 cm³/mol. The first kappa shape index (κ1) is 25.6. The molecule has 1 atom stereocenters. The molecule has 1 aliphatic carbocycles. The molecule has 1 fully saturated rings. The van der Waals surface area contributed by atoms with Crippen LogP contribution in [0.25, 0.3) is 0 Å². The molecule has 3 rings (SSSR count). The Morgan fingerprint density at radius 3 is 2.41 bits per heavy atom. The Bertz CT molecular complexity index is 866. The zero-order valence-corrected chi connectivity index (χ0v) is 20.0. The topological polar surface area (TPSA) is 128 Å². The third-order valence-electron chi connectivity index (χ3n) is 6.25. The van der Waals surface area contributed by atoms with E-state index in [0.717, 1.165) is 24.2 Å². The fourth-order valence-electron chi connectivity index (χ4n) is 4.24. The summed E-state index contributed by atoms with van der Waals surface area (Å²) in [7, 11) is 0. The van der Waals surface area contributed by atoms with Gasteiger partial charge in [-0.1, -0.05) is 49.6 Å². The van der Waals surface area contributed by atoms with Gasteiger partial charge < -0.3 is 27.0 Å². The molecule has 0 unspecified atom stereocenters. The highest BCUT2D eigenvalue weighted by Gasteiger charge is 2.18. The van der Waals surface area contributed by atoms with Crippen molar-refractivity contribution in [1.29, 1.82) is 5.41 Å². The number of carbonyl (C=O) groups excluding carboxylic acids is 1. The number of carbonyl (C=O) groups is 1. The normalized spacial score (nSPS) is 14.9. The first-order valence-corrected chi connectivity index (χ1v) is 12.4. The van der Waals surface area contributed by atoms with Crippen molar-refractivity contribution in [3.8, 4) is 0 Å². The smallest absolute Gasteiger partial charge is 0.237 e. The van der Waals surface area contributed by atoms with E-state index < -0.39 is 0 Å². The fourth-order valence-corrected chi connectivity index (χ4v) is 4.24. The summed E-state index contributed by atoms with van der Waals surface area (Å²) < 4.78 is 0. The number of amides is 1. The molecule has 8 heteroatoms. The van der Waals surface area contributed by atoms with E-state index in [9.17, 15) is 4.79 Å². The summed E-state index contributed by atoms with van der Waals surface area (Å²) in [5, 5.41) is 20.1. The lowest BCUT2D eigenvalue weighted by molar-refractivity contribution is -0.123. The number of guanidine groups is 1. The summed E-state index contributed by atoms with van der Waals surface area (Å²) in [4.78, 5) is 17.2. The van der Waals surface area contributed by atoms with Crippen molar-refractivity contribution in [2.45, 2.75) is 76.7 Å². The number of pyridine rings is 1. The number of nitrogens with one attached hydrogen (secondary N) is 5. The lowest BCUT2D eigenvalue weighted by atomic mass is 9.95. The highest BCUT2D eigenvalue weighted by atomic mass is 16.2. The van der Waals surface area contributed by atoms with E-state index in [0.29, 0.717) is 32.1 Å². The van der Waals surface area contributed by atoms with Gasteiger partial charge in [-0.15, -0.1) is 0 Å². The standard InChI is InChI=1S/C26H39N7O/c27-26(28)30-16-6-10-24(32-19-23-9-4-5-15-29-23)25(34)33-18-21-13-11-20(12-14-21)17-31-22-7-2-1-3-8-22/h4-5,9,11-15,22,24,31-32H,1-3,6-8,10,16-19H2,(H,33,34)(H4,27,28,30)/t24-/m0/s1. The number of rotatable bonds is 13. The van der Waals surface area contributed by atoms with Crippen molar-refractivity contribution in [3.63, 3.8) is 0 Å².